The molecule has 0 aromatic heterocycles. The first kappa shape index (κ1) is 16.1. The van der Waals surface area contributed by atoms with E-state index >= 15 is 0 Å². The van der Waals surface area contributed by atoms with Crippen LogP contribution < -0.4 is 5.32 Å². The van der Waals surface area contributed by atoms with E-state index in [-0.39, 0.29) is 16.7 Å². The quantitative estimate of drug-likeness (QED) is 0.746. The van der Waals surface area contributed by atoms with Gasteiger partial charge in [-0.1, -0.05) is 6.92 Å². The van der Waals surface area contributed by atoms with Gasteiger partial charge in [0, 0.05) is 11.8 Å². The Bertz CT molecular complexity index is 224. The predicted octanol–water partition coefficient (Wildman–Crippen LogP) is 2.79. The van der Waals surface area contributed by atoms with Crippen molar-refractivity contribution in [3.63, 3.8) is 0 Å². The number of thioether (sulfide) groups is 1. The van der Waals surface area contributed by atoms with Gasteiger partial charge in [-0.25, -0.2) is 9.59 Å². The minimum atomic E-state index is -0.423. The van der Waals surface area contributed by atoms with Crippen LogP contribution in [0.5, 0.6) is 0 Å². The fourth-order valence-corrected chi connectivity index (χ4v) is 2.13. The number of rotatable bonds is 6. The molecule has 0 rings (SSSR count). The van der Waals surface area contributed by atoms with Crippen molar-refractivity contribution in [3.8, 4) is 0 Å². The Morgan fingerprint density at radius 3 is 2.47 bits per heavy atom. The summed E-state index contributed by atoms with van der Waals surface area (Å²) in [7, 11) is 0. The highest BCUT2D eigenvalue weighted by Gasteiger charge is 2.16. The highest BCUT2D eigenvalue weighted by molar-refractivity contribution is 8.13. The molecule has 6 heteroatoms. The monoisotopic (exact) mass is 263 g/mol. The van der Waals surface area contributed by atoms with E-state index in [1.54, 1.807) is 13.8 Å². The molecule has 0 bridgehead atoms. The van der Waals surface area contributed by atoms with Crippen molar-refractivity contribution in [1.82, 2.24) is 5.32 Å². The van der Waals surface area contributed by atoms with Crippen LogP contribution in [0.3, 0.4) is 0 Å². The smallest absolute Gasteiger partial charge is 0.407 e. The fraction of sp³-hybridized carbons (Fsp3) is 0.818. The SMILES string of the molecule is CCNC(=O)OC(C)CC(C)SC(=O)OCC. The van der Waals surface area contributed by atoms with Crippen molar-refractivity contribution in [2.75, 3.05) is 13.2 Å². The highest BCUT2D eigenvalue weighted by Crippen LogP contribution is 2.19. The second kappa shape index (κ2) is 9.15. The molecule has 0 aliphatic carbocycles. The Balaban J connectivity index is 3.82. The lowest BCUT2D eigenvalue weighted by Crippen LogP contribution is -2.28. The minimum Gasteiger partial charge on any atom is -0.458 e. The van der Waals surface area contributed by atoms with Crippen LogP contribution in [0.1, 0.15) is 34.1 Å². The molecule has 0 saturated heterocycles. The van der Waals surface area contributed by atoms with Crippen LogP contribution >= 0.6 is 11.8 Å². The Kier molecular flexibility index (Phi) is 8.66. The van der Waals surface area contributed by atoms with E-state index in [9.17, 15) is 9.59 Å². The zero-order valence-corrected chi connectivity index (χ0v) is 11.6. The molecule has 0 aliphatic rings. The van der Waals surface area contributed by atoms with Crippen LogP contribution in [0.15, 0.2) is 0 Å². The number of hydrogen-bond donors (Lipinski definition) is 1. The van der Waals surface area contributed by atoms with Gasteiger partial charge in [-0.2, -0.15) is 0 Å². The summed E-state index contributed by atoms with van der Waals surface area (Å²) >= 11 is 1.12. The predicted molar refractivity (Wildman–Crippen MR) is 68.3 cm³/mol. The number of nitrogens with one attached hydrogen (secondary N) is 1. The van der Waals surface area contributed by atoms with Crippen LogP contribution in [-0.2, 0) is 9.47 Å². The number of alkyl carbamates (subject to hydrolysis) is 1. The van der Waals surface area contributed by atoms with Gasteiger partial charge in [0.25, 0.3) is 0 Å². The van der Waals surface area contributed by atoms with Crippen molar-refractivity contribution < 1.29 is 19.1 Å². The number of carbonyl (C=O) groups is 2. The summed E-state index contributed by atoms with van der Waals surface area (Å²) in [4.78, 5) is 22.3. The normalized spacial score (nSPS) is 13.6. The first-order valence-electron chi connectivity index (χ1n) is 5.77. The summed E-state index contributed by atoms with van der Waals surface area (Å²) in [5, 5.41) is 2.32. The zero-order valence-electron chi connectivity index (χ0n) is 10.8. The summed E-state index contributed by atoms with van der Waals surface area (Å²) in [6.07, 6.45) is -0.0347. The molecule has 0 aromatic carbocycles. The van der Waals surface area contributed by atoms with Crippen LogP contribution in [0.4, 0.5) is 9.59 Å². The Hall–Kier alpha value is -0.910. The van der Waals surface area contributed by atoms with E-state index in [0.29, 0.717) is 19.6 Å². The van der Waals surface area contributed by atoms with Crippen molar-refractivity contribution in [1.29, 1.82) is 0 Å². The van der Waals surface area contributed by atoms with Crippen molar-refractivity contribution in [3.05, 3.63) is 0 Å². The largest absolute Gasteiger partial charge is 0.458 e. The van der Waals surface area contributed by atoms with Crippen LogP contribution in [-0.4, -0.2) is 35.9 Å². The Labute approximate surface area is 107 Å². The second-order valence-electron chi connectivity index (χ2n) is 3.59. The lowest BCUT2D eigenvalue weighted by atomic mass is 10.2. The molecular formula is C11H21NO4S. The standard InChI is InChI=1S/C11H21NO4S/c1-5-12-10(13)16-8(3)7-9(4)17-11(14)15-6-2/h8-9H,5-7H2,1-4H3,(H,12,13). The molecule has 0 aliphatic heterocycles. The molecule has 0 fully saturated rings. The molecule has 0 heterocycles. The molecule has 2 unspecified atom stereocenters. The maximum absolute atomic E-state index is 11.2. The molecular weight excluding hydrogens is 242 g/mol. The maximum atomic E-state index is 11.2. The number of hydrogen-bond acceptors (Lipinski definition) is 5. The average Bonchev–Trinajstić information content (AvgIpc) is 2.16. The van der Waals surface area contributed by atoms with E-state index in [0.717, 1.165) is 11.8 Å². The average molecular weight is 263 g/mol. The van der Waals surface area contributed by atoms with Gasteiger partial charge in [-0.05, 0) is 39.0 Å². The van der Waals surface area contributed by atoms with Crippen molar-refractivity contribution >= 4 is 23.2 Å². The summed E-state index contributed by atoms with van der Waals surface area (Å²) in [6.45, 7) is 8.22. The van der Waals surface area contributed by atoms with E-state index < -0.39 is 6.09 Å². The topological polar surface area (TPSA) is 64.6 Å². The minimum absolute atomic E-state index is 0.0541. The summed E-state index contributed by atoms with van der Waals surface area (Å²) < 4.78 is 9.91. The van der Waals surface area contributed by atoms with Gasteiger partial charge in [-0.15, -0.1) is 0 Å². The van der Waals surface area contributed by atoms with Crippen molar-refractivity contribution in [2.24, 2.45) is 0 Å². The van der Waals surface area contributed by atoms with Crippen LogP contribution in [0.25, 0.3) is 0 Å². The molecule has 100 valence electrons. The molecule has 0 spiro atoms. The molecule has 0 saturated carbocycles. The highest BCUT2D eigenvalue weighted by atomic mass is 32.2. The molecule has 0 radical (unpaired) electrons. The fourth-order valence-electron chi connectivity index (χ4n) is 1.25. The number of ether oxygens (including phenoxy) is 2. The first-order valence-corrected chi connectivity index (χ1v) is 6.65. The third-order valence-corrected chi connectivity index (χ3v) is 2.76. The summed E-state index contributed by atoms with van der Waals surface area (Å²) in [5.41, 5.74) is 0. The van der Waals surface area contributed by atoms with Gasteiger partial charge in [0.1, 0.15) is 6.10 Å². The Morgan fingerprint density at radius 2 is 1.94 bits per heavy atom. The Morgan fingerprint density at radius 1 is 1.29 bits per heavy atom. The van der Waals surface area contributed by atoms with Gasteiger partial charge in [0.2, 0.25) is 0 Å². The third-order valence-electron chi connectivity index (χ3n) is 1.85. The molecule has 0 aromatic rings. The van der Waals surface area contributed by atoms with E-state index in [1.165, 1.54) is 0 Å². The summed E-state index contributed by atoms with van der Waals surface area (Å²) in [6, 6.07) is 0. The zero-order chi connectivity index (χ0) is 13.3. The second-order valence-corrected chi connectivity index (χ2v) is 4.97. The molecule has 5 nitrogen and oxygen atoms in total. The van der Waals surface area contributed by atoms with Crippen LogP contribution in [0.2, 0.25) is 0 Å². The van der Waals surface area contributed by atoms with E-state index in [1.807, 2.05) is 13.8 Å². The van der Waals surface area contributed by atoms with Gasteiger partial charge in [0.05, 0.1) is 6.61 Å². The van der Waals surface area contributed by atoms with Gasteiger partial charge >= 0.3 is 11.4 Å². The first-order chi connectivity index (χ1) is 7.99. The van der Waals surface area contributed by atoms with E-state index in [2.05, 4.69) is 5.32 Å². The van der Waals surface area contributed by atoms with Crippen molar-refractivity contribution in [2.45, 2.75) is 45.5 Å². The van der Waals surface area contributed by atoms with E-state index in [4.69, 9.17) is 9.47 Å². The lowest BCUT2D eigenvalue weighted by molar-refractivity contribution is 0.103. The summed E-state index contributed by atoms with van der Waals surface area (Å²) in [5.74, 6) is 0. The third kappa shape index (κ3) is 8.85. The maximum Gasteiger partial charge on any atom is 0.407 e. The molecule has 17 heavy (non-hydrogen) atoms. The van der Waals surface area contributed by atoms with Crippen LogP contribution in [0, 0.1) is 0 Å². The molecule has 1 amide bonds. The van der Waals surface area contributed by atoms with Gasteiger partial charge in [0.15, 0.2) is 0 Å². The van der Waals surface area contributed by atoms with Gasteiger partial charge < -0.3 is 14.8 Å². The van der Waals surface area contributed by atoms with Gasteiger partial charge in [-0.3, -0.25) is 0 Å². The molecule has 2 atom stereocenters. The number of amides is 1. The number of carbonyl (C=O) groups excluding carboxylic acids is 2. The lowest BCUT2D eigenvalue weighted by Gasteiger charge is -2.16. The molecule has 1 N–H and O–H groups in total.